The molecule has 0 aromatic heterocycles. The molecule has 2 atom stereocenters. The molecule has 0 aromatic carbocycles. The average molecular weight is 231 g/mol. The van der Waals surface area contributed by atoms with Crippen molar-refractivity contribution in [3.05, 3.63) is 0 Å². The molecule has 0 aromatic rings. The van der Waals surface area contributed by atoms with Gasteiger partial charge in [0.15, 0.2) is 0 Å². The van der Waals surface area contributed by atoms with Crippen LogP contribution in [-0.4, -0.2) is 59.9 Å². The van der Waals surface area contributed by atoms with Gasteiger partial charge in [0.05, 0.1) is 19.8 Å². The summed E-state index contributed by atoms with van der Waals surface area (Å²) in [5.74, 6) is -0.956. The molecule has 1 amide bonds. The summed E-state index contributed by atoms with van der Waals surface area (Å²) in [7, 11) is 1.23. The summed E-state index contributed by atoms with van der Waals surface area (Å²) in [4.78, 5) is 24.0. The second-order valence-electron chi connectivity index (χ2n) is 3.89. The number of hydrogen-bond donors (Lipinski definition) is 2. The van der Waals surface area contributed by atoms with Gasteiger partial charge in [-0.25, -0.2) is 0 Å². The molecule has 0 radical (unpaired) electrons. The van der Waals surface area contributed by atoms with E-state index >= 15 is 0 Å². The molecule has 0 bridgehead atoms. The van der Waals surface area contributed by atoms with Crippen molar-refractivity contribution in [1.82, 2.24) is 4.90 Å². The lowest BCUT2D eigenvalue weighted by Crippen LogP contribution is -2.33. The average Bonchev–Trinajstić information content (AvgIpc) is 2.77. The third kappa shape index (κ3) is 3.18. The number of nitrogens with zero attached hydrogens (tertiary/aromatic N) is 1. The normalized spacial score (nSPS) is 21.9. The van der Waals surface area contributed by atoms with Crippen molar-refractivity contribution in [2.45, 2.75) is 18.9 Å². The molecule has 6 heteroatoms. The van der Waals surface area contributed by atoms with Crippen LogP contribution in [0.25, 0.3) is 0 Å². The van der Waals surface area contributed by atoms with Gasteiger partial charge < -0.3 is 19.8 Å². The topological polar surface area (TPSA) is 87.1 Å². The second-order valence-corrected chi connectivity index (χ2v) is 3.89. The first-order chi connectivity index (χ1) is 7.58. The van der Waals surface area contributed by atoms with E-state index < -0.39 is 12.1 Å². The molecule has 0 aliphatic carbocycles. The van der Waals surface area contributed by atoms with E-state index in [0.717, 1.165) is 0 Å². The number of carbonyl (C=O) groups excluding carboxylic acids is 2. The molecule has 1 heterocycles. The van der Waals surface area contributed by atoms with E-state index in [4.69, 9.17) is 5.11 Å². The summed E-state index contributed by atoms with van der Waals surface area (Å²) in [5, 5.41) is 18.2. The Morgan fingerprint density at radius 3 is 2.81 bits per heavy atom. The van der Waals surface area contributed by atoms with Gasteiger partial charge in [0, 0.05) is 19.0 Å². The number of amides is 1. The highest BCUT2D eigenvalue weighted by atomic mass is 16.5. The third-order valence-corrected chi connectivity index (χ3v) is 2.83. The lowest BCUT2D eigenvalue weighted by Gasteiger charge is -2.18. The largest absolute Gasteiger partial charge is 0.469 e. The van der Waals surface area contributed by atoms with Gasteiger partial charge in [-0.3, -0.25) is 9.59 Å². The number of esters is 1. The Labute approximate surface area is 93.8 Å². The smallest absolute Gasteiger partial charge is 0.315 e. The second kappa shape index (κ2) is 5.81. The van der Waals surface area contributed by atoms with E-state index in [1.54, 1.807) is 0 Å². The quantitative estimate of drug-likeness (QED) is 0.466. The van der Waals surface area contributed by atoms with E-state index in [2.05, 4.69) is 4.74 Å². The van der Waals surface area contributed by atoms with Gasteiger partial charge in [0.1, 0.15) is 6.42 Å². The van der Waals surface area contributed by atoms with Crippen molar-refractivity contribution in [2.24, 2.45) is 5.92 Å². The Kier molecular flexibility index (Phi) is 4.70. The van der Waals surface area contributed by atoms with Gasteiger partial charge in [0.25, 0.3) is 0 Å². The van der Waals surface area contributed by atoms with Crippen LogP contribution in [0.15, 0.2) is 0 Å². The molecule has 6 nitrogen and oxygen atoms in total. The number of aliphatic hydroxyl groups is 2. The summed E-state index contributed by atoms with van der Waals surface area (Å²) in [6.07, 6.45) is -0.413. The Balaban J connectivity index is 2.40. The number of aliphatic hydroxyl groups excluding tert-OH is 2. The number of carbonyl (C=O) groups is 2. The summed E-state index contributed by atoms with van der Waals surface area (Å²) < 4.78 is 4.40. The fraction of sp³-hybridized carbons (Fsp3) is 0.800. The van der Waals surface area contributed by atoms with Crippen LogP contribution in [-0.2, 0) is 14.3 Å². The van der Waals surface area contributed by atoms with Crippen molar-refractivity contribution in [3.8, 4) is 0 Å². The lowest BCUT2D eigenvalue weighted by atomic mass is 10.0. The van der Waals surface area contributed by atoms with E-state index in [1.165, 1.54) is 12.0 Å². The zero-order chi connectivity index (χ0) is 12.1. The monoisotopic (exact) mass is 231 g/mol. The molecule has 2 unspecified atom stereocenters. The van der Waals surface area contributed by atoms with Crippen molar-refractivity contribution >= 4 is 11.9 Å². The highest BCUT2D eigenvalue weighted by Gasteiger charge is 2.31. The van der Waals surface area contributed by atoms with Crippen LogP contribution < -0.4 is 0 Å². The molecule has 0 spiro atoms. The highest BCUT2D eigenvalue weighted by Crippen LogP contribution is 2.20. The van der Waals surface area contributed by atoms with Crippen LogP contribution in [0.4, 0.5) is 0 Å². The van der Waals surface area contributed by atoms with Crippen molar-refractivity contribution in [2.75, 3.05) is 26.8 Å². The number of rotatable bonds is 4. The maximum absolute atomic E-state index is 11.6. The highest BCUT2D eigenvalue weighted by molar-refractivity contribution is 5.94. The first-order valence-electron chi connectivity index (χ1n) is 5.22. The molecule has 1 fully saturated rings. The van der Waals surface area contributed by atoms with Crippen LogP contribution in [0.5, 0.6) is 0 Å². The third-order valence-electron chi connectivity index (χ3n) is 2.83. The Morgan fingerprint density at radius 2 is 2.25 bits per heavy atom. The summed E-state index contributed by atoms with van der Waals surface area (Å²) in [6, 6.07) is 0. The molecule has 1 aliphatic rings. The first kappa shape index (κ1) is 12.9. The maximum Gasteiger partial charge on any atom is 0.315 e. The minimum atomic E-state index is -0.795. The Morgan fingerprint density at radius 1 is 1.56 bits per heavy atom. The van der Waals surface area contributed by atoms with Gasteiger partial charge in [0.2, 0.25) is 5.91 Å². The fourth-order valence-electron chi connectivity index (χ4n) is 1.78. The van der Waals surface area contributed by atoms with Crippen LogP contribution in [0, 0.1) is 5.92 Å². The summed E-state index contributed by atoms with van der Waals surface area (Å²) in [5.41, 5.74) is 0. The van der Waals surface area contributed by atoms with Gasteiger partial charge in [-0.15, -0.1) is 0 Å². The van der Waals surface area contributed by atoms with Crippen molar-refractivity contribution in [3.63, 3.8) is 0 Å². The molecule has 1 aliphatic heterocycles. The predicted molar refractivity (Wildman–Crippen MR) is 54.4 cm³/mol. The predicted octanol–water partition coefficient (Wildman–Crippen LogP) is -1.25. The minimum Gasteiger partial charge on any atom is -0.469 e. The van der Waals surface area contributed by atoms with Gasteiger partial charge in [-0.05, 0) is 6.42 Å². The van der Waals surface area contributed by atoms with Crippen molar-refractivity contribution in [1.29, 1.82) is 0 Å². The molecule has 92 valence electrons. The van der Waals surface area contributed by atoms with E-state index in [9.17, 15) is 14.7 Å². The number of hydrogen-bond acceptors (Lipinski definition) is 5. The number of ether oxygens (including phenoxy) is 1. The zero-order valence-corrected chi connectivity index (χ0v) is 9.26. The molecular weight excluding hydrogens is 214 g/mol. The zero-order valence-electron chi connectivity index (χ0n) is 9.26. The van der Waals surface area contributed by atoms with E-state index in [1.807, 2.05) is 0 Å². The van der Waals surface area contributed by atoms with Gasteiger partial charge in [-0.1, -0.05) is 0 Å². The first-order valence-corrected chi connectivity index (χ1v) is 5.22. The molecule has 2 N–H and O–H groups in total. The van der Waals surface area contributed by atoms with E-state index in [-0.39, 0.29) is 24.9 Å². The van der Waals surface area contributed by atoms with Crippen LogP contribution in [0.2, 0.25) is 0 Å². The van der Waals surface area contributed by atoms with Crippen LogP contribution >= 0.6 is 0 Å². The summed E-state index contributed by atoms with van der Waals surface area (Å²) >= 11 is 0. The molecular formula is C10H17NO5. The van der Waals surface area contributed by atoms with Crippen LogP contribution in [0.1, 0.15) is 12.8 Å². The molecule has 16 heavy (non-hydrogen) atoms. The van der Waals surface area contributed by atoms with Crippen LogP contribution in [0.3, 0.4) is 0 Å². The summed E-state index contributed by atoms with van der Waals surface area (Å²) in [6.45, 7) is 0.596. The Bertz CT molecular complexity index is 268. The van der Waals surface area contributed by atoms with Gasteiger partial charge >= 0.3 is 5.97 Å². The maximum atomic E-state index is 11.6. The van der Waals surface area contributed by atoms with E-state index in [0.29, 0.717) is 19.5 Å². The number of likely N-dealkylation sites (tertiary alicyclic amines) is 1. The molecule has 1 saturated heterocycles. The van der Waals surface area contributed by atoms with Crippen molar-refractivity contribution < 1.29 is 24.5 Å². The standard InChI is InChI=1S/C10H17NO5/c1-16-10(15)4-9(14)11-3-2-7(5-11)8(13)6-12/h7-8,12-13H,2-6H2,1H3. The molecule has 1 rings (SSSR count). The van der Waals surface area contributed by atoms with Gasteiger partial charge in [-0.2, -0.15) is 0 Å². The molecule has 0 saturated carbocycles. The fourth-order valence-corrected chi connectivity index (χ4v) is 1.78. The Hall–Kier alpha value is -1.14. The SMILES string of the molecule is COC(=O)CC(=O)N1CCC(C(O)CO)C1. The lowest BCUT2D eigenvalue weighted by molar-refractivity contribution is -0.146. The number of methoxy groups -OCH3 is 1. The minimum absolute atomic E-state index is 0.105.